The summed E-state index contributed by atoms with van der Waals surface area (Å²) in [5.41, 5.74) is 5.76. The maximum atomic E-state index is 12.4. The zero-order valence-corrected chi connectivity index (χ0v) is 23.7. The topological polar surface area (TPSA) is 103 Å². The summed E-state index contributed by atoms with van der Waals surface area (Å²) in [5, 5.41) is 9.60. The predicted molar refractivity (Wildman–Crippen MR) is 162 cm³/mol. The third-order valence-electron chi connectivity index (χ3n) is 7.92. The van der Waals surface area contributed by atoms with Crippen molar-refractivity contribution in [3.8, 4) is 11.3 Å². The molecule has 2 aliphatic rings. The molecule has 0 saturated carbocycles. The fourth-order valence-corrected chi connectivity index (χ4v) is 5.44. The molecule has 3 N–H and O–H groups in total. The standard InChI is InChI=1S/C31H37N9O/c1-22-20-34-31(37-29(22)23-5-7-24(8-6-23)35-30(41)27-4-3-13-32-27)36-25-9-11-26(12-10-25)40-18-16-39(17-19-40)21-28-33-14-15-38(28)2/h5-12,14-15,20,27,32H,3-4,13,16-19,21H2,1-2H3,(H,35,41)(H,34,36,37)/t27-/m1/s1. The predicted octanol–water partition coefficient (Wildman–Crippen LogP) is 3.94. The first-order valence-electron chi connectivity index (χ1n) is 14.3. The lowest BCUT2D eigenvalue weighted by molar-refractivity contribution is -0.117. The van der Waals surface area contributed by atoms with Crippen molar-refractivity contribution in [2.24, 2.45) is 7.05 Å². The quantitative estimate of drug-likeness (QED) is 0.303. The summed E-state index contributed by atoms with van der Waals surface area (Å²) in [6, 6.07) is 16.2. The summed E-state index contributed by atoms with van der Waals surface area (Å²) in [6.45, 7) is 7.79. The third kappa shape index (κ3) is 6.39. The molecular weight excluding hydrogens is 514 g/mol. The number of nitrogens with one attached hydrogen (secondary N) is 3. The van der Waals surface area contributed by atoms with E-state index >= 15 is 0 Å². The number of aromatic nitrogens is 4. The van der Waals surface area contributed by atoms with E-state index < -0.39 is 0 Å². The highest BCUT2D eigenvalue weighted by atomic mass is 16.2. The Hall–Kier alpha value is -4.28. The number of rotatable bonds is 8. The van der Waals surface area contributed by atoms with Crippen molar-refractivity contribution in [1.29, 1.82) is 0 Å². The molecule has 2 aliphatic heterocycles. The monoisotopic (exact) mass is 551 g/mol. The van der Waals surface area contributed by atoms with E-state index in [4.69, 9.17) is 4.98 Å². The van der Waals surface area contributed by atoms with Crippen molar-refractivity contribution < 1.29 is 4.79 Å². The second kappa shape index (κ2) is 12.1. The Morgan fingerprint density at radius 3 is 2.44 bits per heavy atom. The van der Waals surface area contributed by atoms with E-state index in [-0.39, 0.29) is 11.9 Å². The van der Waals surface area contributed by atoms with Crippen LogP contribution < -0.4 is 20.9 Å². The Kier molecular flexibility index (Phi) is 7.93. The second-order valence-electron chi connectivity index (χ2n) is 10.8. The Morgan fingerprint density at radius 2 is 1.76 bits per heavy atom. The van der Waals surface area contributed by atoms with Gasteiger partial charge in [0.25, 0.3) is 0 Å². The Morgan fingerprint density at radius 1 is 1.00 bits per heavy atom. The molecule has 2 aromatic heterocycles. The molecule has 0 radical (unpaired) electrons. The van der Waals surface area contributed by atoms with Crippen molar-refractivity contribution in [2.75, 3.05) is 48.3 Å². The first-order valence-corrected chi connectivity index (χ1v) is 14.3. The fraction of sp³-hybridized carbons (Fsp3) is 0.355. The number of amides is 1. The van der Waals surface area contributed by atoms with Gasteiger partial charge in [0.05, 0.1) is 18.3 Å². The van der Waals surface area contributed by atoms with Crippen molar-refractivity contribution in [3.63, 3.8) is 0 Å². The van der Waals surface area contributed by atoms with E-state index in [0.29, 0.717) is 5.95 Å². The van der Waals surface area contributed by atoms with Crippen LogP contribution >= 0.6 is 0 Å². The van der Waals surface area contributed by atoms with Crippen LogP contribution in [-0.4, -0.2) is 69.1 Å². The minimum atomic E-state index is -0.103. The number of benzene rings is 2. The van der Waals surface area contributed by atoms with E-state index in [1.807, 2.05) is 56.8 Å². The molecule has 2 aromatic carbocycles. The molecule has 0 unspecified atom stereocenters. The van der Waals surface area contributed by atoms with Crippen molar-refractivity contribution in [2.45, 2.75) is 32.4 Å². The van der Waals surface area contributed by atoms with Crippen LogP contribution in [-0.2, 0) is 18.4 Å². The maximum Gasteiger partial charge on any atom is 0.241 e. The number of carbonyl (C=O) groups is 1. The Balaban J connectivity index is 1.05. The minimum absolute atomic E-state index is 0.0220. The molecule has 10 nitrogen and oxygen atoms in total. The van der Waals surface area contributed by atoms with Crippen molar-refractivity contribution in [3.05, 3.63) is 78.5 Å². The summed E-state index contributed by atoms with van der Waals surface area (Å²) in [4.78, 5) is 31.1. The molecule has 6 rings (SSSR count). The van der Waals surface area contributed by atoms with E-state index in [9.17, 15) is 4.79 Å². The van der Waals surface area contributed by atoms with Gasteiger partial charge in [0.15, 0.2) is 0 Å². The van der Waals surface area contributed by atoms with Gasteiger partial charge in [-0.3, -0.25) is 9.69 Å². The zero-order valence-electron chi connectivity index (χ0n) is 23.7. The first-order chi connectivity index (χ1) is 20.0. The molecule has 2 saturated heterocycles. The molecule has 4 aromatic rings. The number of imidazole rings is 1. The lowest BCUT2D eigenvalue weighted by Gasteiger charge is -2.36. The Labute approximate surface area is 240 Å². The lowest BCUT2D eigenvalue weighted by atomic mass is 10.1. The normalized spacial score (nSPS) is 17.5. The number of anilines is 4. The molecule has 4 heterocycles. The number of hydrogen-bond acceptors (Lipinski definition) is 8. The number of carbonyl (C=O) groups excluding carboxylic acids is 1. The molecule has 2 fully saturated rings. The molecule has 0 aliphatic carbocycles. The number of piperazine rings is 1. The highest BCUT2D eigenvalue weighted by Crippen LogP contribution is 2.26. The summed E-state index contributed by atoms with van der Waals surface area (Å²) in [5.74, 6) is 1.67. The highest BCUT2D eigenvalue weighted by Gasteiger charge is 2.22. The summed E-state index contributed by atoms with van der Waals surface area (Å²) >= 11 is 0. The van der Waals surface area contributed by atoms with Crippen LogP contribution in [0.15, 0.2) is 67.1 Å². The van der Waals surface area contributed by atoms with Gasteiger partial charge in [0.1, 0.15) is 5.82 Å². The smallest absolute Gasteiger partial charge is 0.241 e. The molecule has 1 atom stereocenters. The van der Waals surface area contributed by atoms with Crippen LogP contribution in [0.5, 0.6) is 0 Å². The third-order valence-corrected chi connectivity index (χ3v) is 7.92. The molecule has 212 valence electrons. The minimum Gasteiger partial charge on any atom is -0.369 e. The molecule has 41 heavy (non-hydrogen) atoms. The lowest BCUT2D eigenvalue weighted by Crippen LogP contribution is -2.46. The zero-order chi connectivity index (χ0) is 28.2. The average molecular weight is 552 g/mol. The molecule has 0 bridgehead atoms. The molecule has 1 amide bonds. The second-order valence-corrected chi connectivity index (χ2v) is 10.8. The summed E-state index contributed by atoms with van der Waals surface area (Å²) in [6.07, 6.45) is 7.62. The van der Waals surface area contributed by atoms with E-state index in [0.717, 1.165) is 86.1 Å². The van der Waals surface area contributed by atoms with Gasteiger partial charge >= 0.3 is 0 Å². The number of hydrogen-bond donors (Lipinski definition) is 3. The van der Waals surface area contributed by atoms with Crippen LogP contribution in [0.25, 0.3) is 11.3 Å². The van der Waals surface area contributed by atoms with Crippen LogP contribution in [0, 0.1) is 6.92 Å². The van der Waals surface area contributed by atoms with Gasteiger partial charge in [0, 0.05) is 74.4 Å². The van der Waals surface area contributed by atoms with Gasteiger partial charge in [-0.25, -0.2) is 15.0 Å². The van der Waals surface area contributed by atoms with Gasteiger partial charge in [-0.15, -0.1) is 0 Å². The first kappa shape index (κ1) is 26.9. The van der Waals surface area contributed by atoms with E-state index in [2.05, 4.69) is 64.6 Å². The molecule has 10 heteroatoms. The highest BCUT2D eigenvalue weighted by molar-refractivity contribution is 5.95. The van der Waals surface area contributed by atoms with Crippen molar-refractivity contribution in [1.82, 2.24) is 29.7 Å². The van der Waals surface area contributed by atoms with Crippen molar-refractivity contribution >= 4 is 28.9 Å². The van der Waals surface area contributed by atoms with E-state index in [1.54, 1.807) is 0 Å². The van der Waals surface area contributed by atoms with Gasteiger partial charge in [-0.2, -0.15) is 0 Å². The summed E-state index contributed by atoms with van der Waals surface area (Å²) < 4.78 is 2.09. The molecular formula is C31H37N9O. The van der Waals surface area contributed by atoms with Gasteiger partial charge in [-0.05, 0) is 68.3 Å². The fourth-order valence-electron chi connectivity index (χ4n) is 5.44. The maximum absolute atomic E-state index is 12.4. The van der Waals surface area contributed by atoms with E-state index in [1.165, 1.54) is 5.69 Å². The Bertz CT molecular complexity index is 1470. The number of aryl methyl sites for hydroxylation is 2. The van der Waals surface area contributed by atoms with Crippen LogP contribution in [0.3, 0.4) is 0 Å². The van der Waals surface area contributed by atoms with Crippen LogP contribution in [0.1, 0.15) is 24.2 Å². The number of nitrogens with zero attached hydrogens (tertiary/aromatic N) is 6. The SMILES string of the molecule is Cc1cnc(Nc2ccc(N3CCN(Cc4nccn4C)CC3)cc2)nc1-c1ccc(NC(=O)[C@H]2CCCN2)cc1. The van der Waals surface area contributed by atoms with Crippen LogP contribution in [0.2, 0.25) is 0 Å². The summed E-state index contributed by atoms with van der Waals surface area (Å²) in [7, 11) is 2.05. The largest absolute Gasteiger partial charge is 0.369 e. The average Bonchev–Trinajstić information content (AvgIpc) is 3.68. The van der Waals surface area contributed by atoms with Gasteiger partial charge < -0.3 is 25.4 Å². The van der Waals surface area contributed by atoms with Crippen LogP contribution in [0.4, 0.5) is 23.0 Å². The van der Waals surface area contributed by atoms with Gasteiger partial charge in [-0.1, -0.05) is 12.1 Å². The molecule has 0 spiro atoms. The van der Waals surface area contributed by atoms with Gasteiger partial charge in [0.2, 0.25) is 11.9 Å².